The molecule has 0 N–H and O–H groups in total. The van der Waals surface area contributed by atoms with Gasteiger partial charge in [-0.05, 0) is 96.6 Å². The first-order valence-corrected chi connectivity index (χ1v) is 21.5. The van der Waals surface area contributed by atoms with Crippen LogP contribution in [0.4, 0.5) is 17.1 Å². The minimum absolute atomic E-state index is 0.141. The monoisotopic (exact) mass is 765 g/mol. The van der Waals surface area contributed by atoms with Crippen molar-refractivity contribution in [3.05, 3.63) is 257 Å². The predicted octanol–water partition coefficient (Wildman–Crippen LogP) is 14.5. The molecule has 3 unspecified atom stereocenters. The molecule has 0 aromatic heterocycles. The molecule has 0 saturated carbocycles. The summed E-state index contributed by atoms with van der Waals surface area (Å²) >= 11 is 0. The van der Waals surface area contributed by atoms with Gasteiger partial charge in [0.1, 0.15) is 0 Å². The highest BCUT2D eigenvalue weighted by Crippen LogP contribution is 2.71. The Morgan fingerprint density at radius 1 is 0.350 bits per heavy atom. The van der Waals surface area contributed by atoms with Gasteiger partial charge in [0.2, 0.25) is 0 Å². The van der Waals surface area contributed by atoms with Crippen LogP contribution >= 0.6 is 0 Å². The Morgan fingerprint density at radius 3 is 1.47 bits per heavy atom. The van der Waals surface area contributed by atoms with E-state index in [4.69, 9.17) is 0 Å². The summed E-state index contributed by atoms with van der Waals surface area (Å²) < 4.78 is 0. The van der Waals surface area contributed by atoms with Crippen molar-refractivity contribution in [1.29, 1.82) is 0 Å². The first-order valence-electron chi connectivity index (χ1n) is 21.5. The van der Waals surface area contributed by atoms with Crippen molar-refractivity contribution in [2.24, 2.45) is 11.8 Å². The predicted molar refractivity (Wildman–Crippen MR) is 247 cm³/mol. The van der Waals surface area contributed by atoms with E-state index in [1.807, 2.05) is 0 Å². The van der Waals surface area contributed by atoms with Gasteiger partial charge >= 0.3 is 0 Å². The van der Waals surface area contributed by atoms with Crippen molar-refractivity contribution in [2.75, 3.05) is 4.90 Å². The van der Waals surface area contributed by atoms with Crippen LogP contribution in [0.25, 0.3) is 33.4 Å². The molecule has 0 amide bonds. The summed E-state index contributed by atoms with van der Waals surface area (Å²) in [6, 6.07) is 71.6. The summed E-state index contributed by atoms with van der Waals surface area (Å²) in [6.07, 6.45) is 9.75. The van der Waals surface area contributed by atoms with E-state index in [0.29, 0.717) is 0 Å². The van der Waals surface area contributed by atoms with Crippen LogP contribution < -0.4 is 4.90 Å². The number of allylic oxidation sites excluding steroid dienone is 4. The maximum Gasteiger partial charge on any atom is 0.0543 e. The standard InChI is InChI=1S/C59H43N/c1-57(2)50-31-16-17-33-53(50)60(54-36-35-39(37-52(54)57)38-19-4-3-5-20-38)55-34-18-32-51-56(55)42-23-8-11-26-45(42)59(51)48-29-14-12-27-46(48)58(47-28-13-15-30-49(47)59)43-24-9-6-21-40(43)41-22-7-10-25-44(41)58/h3-37,46,48H,1-2H3. The van der Waals surface area contributed by atoms with E-state index in [1.165, 1.54) is 95.0 Å². The SMILES string of the molecule is CC1(C)c2ccccc2N(c2cccc3c2-c2ccccc2C32c3ccccc3C3(c4ccccc4-c4ccccc43)C3C=CC=CC32)c2ccc(-c3ccccc3)cc21. The second kappa shape index (κ2) is 12.1. The van der Waals surface area contributed by atoms with Gasteiger partial charge in [-0.1, -0.05) is 202 Å². The third-order valence-electron chi connectivity index (χ3n) is 15.1. The molecule has 13 rings (SSSR count). The van der Waals surface area contributed by atoms with E-state index in [0.717, 1.165) is 0 Å². The van der Waals surface area contributed by atoms with Crippen LogP contribution in [-0.2, 0) is 16.2 Å². The van der Waals surface area contributed by atoms with Gasteiger partial charge < -0.3 is 4.90 Å². The van der Waals surface area contributed by atoms with Gasteiger partial charge in [0, 0.05) is 22.8 Å². The van der Waals surface area contributed by atoms with Crippen molar-refractivity contribution in [3.63, 3.8) is 0 Å². The van der Waals surface area contributed by atoms with E-state index >= 15 is 0 Å². The Labute approximate surface area is 352 Å². The molecular weight excluding hydrogens is 723 g/mol. The average molecular weight is 766 g/mol. The Morgan fingerprint density at radius 2 is 0.817 bits per heavy atom. The van der Waals surface area contributed by atoms with Crippen molar-refractivity contribution >= 4 is 17.1 Å². The molecular formula is C59H43N. The summed E-state index contributed by atoms with van der Waals surface area (Å²) in [5.41, 5.74) is 21.7. The maximum absolute atomic E-state index is 2.59. The van der Waals surface area contributed by atoms with Crippen LogP contribution in [0.3, 0.4) is 0 Å². The minimum Gasteiger partial charge on any atom is -0.309 e. The Balaban J connectivity index is 1.12. The molecule has 8 aromatic carbocycles. The Bertz CT molecular complexity index is 3120. The topological polar surface area (TPSA) is 3.24 Å². The first kappa shape index (κ1) is 34.0. The smallest absolute Gasteiger partial charge is 0.0543 e. The number of hydrogen-bond acceptors (Lipinski definition) is 1. The third kappa shape index (κ3) is 4.03. The molecule has 0 radical (unpaired) electrons. The fraction of sp³-hybridized carbons (Fsp3) is 0.119. The summed E-state index contributed by atoms with van der Waals surface area (Å²) in [7, 11) is 0. The van der Waals surface area contributed by atoms with E-state index < -0.39 is 5.41 Å². The molecule has 0 saturated heterocycles. The van der Waals surface area contributed by atoms with Gasteiger partial charge in [0.15, 0.2) is 0 Å². The number of para-hydroxylation sites is 1. The lowest BCUT2D eigenvalue weighted by Crippen LogP contribution is -2.53. The van der Waals surface area contributed by atoms with E-state index in [-0.39, 0.29) is 22.7 Å². The van der Waals surface area contributed by atoms with Crippen molar-refractivity contribution < 1.29 is 0 Å². The summed E-state index contributed by atoms with van der Waals surface area (Å²) in [5, 5.41) is 0. The fourth-order valence-electron chi connectivity index (χ4n) is 12.8. The largest absolute Gasteiger partial charge is 0.309 e. The molecule has 60 heavy (non-hydrogen) atoms. The number of benzene rings is 8. The lowest BCUT2D eigenvalue weighted by molar-refractivity contribution is 0.253. The van der Waals surface area contributed by atoms with Gasteiger partial charge in [-0.25, -0.2) is 0 Å². The summed E-state index contributed by atoms with van der Waals surface area (Å²) in [5.74, 6) is 0.307. The Kier molecular flexibility index (Phi) is 6.82. The van der Waals surface area contributed by atoms with Gasteiger partial charge in [0.25, 0.3) is 0 Å². The van der Waals surface area contributed by atoms with E-state index in [9.17, 15) is 0 Å². The molecule has 1 aliphatic heterocycles. The normalized spacial score (nSPS) is 21.0. The quantitative estimate of drug-likeness (QED) is 0.169. The molecule has 3 atom stereocenters. The maximum atomic E-state index is 2.59. The molecule has 1 heteroatoms. The highest BCUT2D eigenvalue weighted by molar-refractivity contribution is 5.99. The van der Waals surface area contributed by atoms with E-state index in [2.05, 4.69) is 231 Å². The van der Waals surface area contributed by atoms with Gasteiger partial charge in [0.05, 0.1) is 27.9 Å². The number of nitrogens with zero attached hydrogens (tertiary/aromatic N) is 1. The highest BCUT2D eigenvalue weighted by atomic mass is 15.2. The van der Waals surface area contributed by atoms with Crippen LogP contribution in [-0.4, -0.2) is 0 Å². The van der Waals surface area contributed by atoms with Crippen LogP contribution in [0.1, 0.15) is 58.4 Å². The van der Waals surface area contributed by atoms with Gasteiger partial charge in [-0.15, -0.1) is 0 Å². The zero-order chi connectivity index (χ0) is 39.8. The summed E-state index contributed by atoms with van der Waals surface area (Å²) in [4.78, 5) is 2.59. The lowest BCUT2D eigenvalue weighted by Gasteiger charge is -2.56. The van der Waals surface area contributed by atoms with Crippen LogP contribution in [0.2, 0.25) is 0 Å². The van der Waals surface area contributed by atoms with Gasteiger partial charge in [-0.3, -0.25) is 0 Å². The highest BCUT2D eigenvalue weighted by Gasteiger charge is 2.64. The zero-order valence-electron chi connectivity index (χ0n) is 33.8. The number of fused-ring (bicyclic) bond motifs is 18. The second-order valence-electron chi connectivity index (χ2n) is 17.9. The van der Waals surface area contributed by atoms with Crippen molar-refractivity contribution in [1.82, 2.24) is 0 Å². The van der Waals surface area contributed by atoms with Gasteiger partial charge in [-0.2, -0.15) is 0 Å². The third-order valence-corrected chi connectivity index (χ3v) is 15.1. The molecule has 1 nitrogen and oxygen atoms in total. The summed E-state index contributed by atoms with van der Waals surface area (Å²) in [6.45, 7) is 4.79. The van der Waals surface area contributed by atoms with Crippen molar-refractivity contribution in [3.8, 4) is 33.4 Å². The van der Waals surface area contributed by atoms with Crippen molar-refractivity contribution in [2.45, 2.75) is 30.1 Å². The molecule has 284 valence electrons. The molecule has 2 spiro atoms. The lowest BCUT2D eigenvalue weighted by atomic mass is 9.45. The van der Waals surface area contributed by atoms with Crippen LogP contribution in [0, 0.1) is 11.8 Å². The molecule has 0 fully saturated rings. The second-order valence-corrected chi connectivity index (χ2v) is 17.9. The molecule has 8 aromatic rings. The minimum atomic E-state index is -0.434. The average Bonchev–Trinajstić information content (AvgIpc) is 3.78. The molecule has 5 aliphatic rings. The molecule has 1 heterocycles. The number of rotatable bonds is 2. The van der Waals surface area contributed by atoms with E-state index in [1.54, 1.807) is 0 Å². The number of anilines is 3. The van der Waals surface area contributed by atoms with Crippen LogP contribution in [0.5, 0.6) is 0 Å². The number of hydrogen-bond donors (Lipinski definition) is 0. The fourth-order valence-corrected chi connectivity index (χ4v) is 12.8. The zero-order valence-corrected chi connectivity index (χ0v) is 33.8. The first-order chi connectivity index (χ1) is 29.6. The molecule has 4 aliphatic carbocycles. The Hall–Kier alpha value is -6.96. The van der Waals surface area contributed by atoms with Crippen LogP contribution in [0.15, 0.2) is 212 Å². The molecule has 0 bridgehead atoms.